The number of alkyl halides is 1. The first-order valence-corrected chi connectivity index (χ1v) is 7.64. The molecule has 0 bridgehead atoms. The SMILES string of the molecule is NC(=O)[C@@H]1C[C@@H](F)CN1Cc1cc(Cl)ccc1-c1cnccn1. The molecule has 0 radical (unpaired) electrons. The van der Waals surface area contributed by atoms with Crippen LogP contribution in [-0.4, -0.2) is 39.5 Å². The topological polar surface area (TPSA) is 72.1 Å². The van der Waals surface area contributed by atoms with Gasteiger partial charge in [-0.05, 0) is 17.7 Å². The van der Waals surface area contributed by atoms with Gasteiger partial charge in [0.15, 0.2) is 0 Å². The van der Waals surface area contributed by atoms with Crippen LogP contribution in [0.4, 0.5) is 4.39 Å². The molecule has 2 atom stereocenters. The molecule has 1 aromatic carbocycles. The summed E-state index contributed by atoms with van der Waals surface area (Å²) in [4.78, 5) is 21.6. The number of nitrogens with zero attached hydrogens (tertiary/aromatic N) is 3. The molecule has 23 heavy (non-hydrogen) atoms. The quantitative estimate of drug-likeness (QED) is 0.930. The number of hydrogen-bond acceptors (Lipinski definition) is 4. The van der Waals surface area contributed by atoms with Crippen LogP contribution in [0.1, 0.15) is 12.0 Å². The largest absolute Gasteiger partial charge is 0.368 e. The summed E-state index contributed by atoms with van der Waals surface area (Å²) in [6, 6.07) is 4.82. The molecule has 3 rings (SSSR count). The number of nitrogens with two attached hydrogens (primary N) is 1. The van der Waals surface area contributed by atoms with Crippen molar-refractivity contribution in [1.82, 2.24) is 14.9 Å². The maximum Gasteiger partial charge on any atom is 0.234 e. The number of rotatable bonds is 4. The zero-order chi connectivity index (χ0) is 16.4. The van der Waals surface area contributed by atoms with E-state index in [4.69, 9.17) is 17.3 Å². The van der Waals surface area contributed by atoms with Gasteiger partial charge in [-0.2, -0.15) is 0 Å². The van der Waals surface area contributed by atoms with Crippen LogP contribution in [0.25, 0.3) is 11.3 Å². The number of halogens is 2. The lowest BCUT2D eigenvalue weighted by Gasteiger charge is -2.22. The van der Waals surface area contributed by atoms with Crippen molar-refractivity contribution < 1.29 is 9.18 Å². The second-order valence-corrected chi connectivity index (χ2v) is 6.01. The summed E-state index contributed by atoms with van der Waals surface area (Å²) in [6.07, 6.45) is 3.94. The molecular formula is C16H16ClFN4O. The standard InChI is InChI=1S/C16H16ClFN4O/c17-11-1-2-13(14-7-20-3-4-21-14)10(5-11)8-22-9-12(18)6-15(22)16(19)23/h1-5,7,12,15H,6,8-9H2,(H2,19,23)/t12-,15+/m1/s1. The highest BCUT2D eigenvalue weighted by atomic mass is 35.5. The molecule has 2 aromatic rings. The number of carbonyl (C=O) groups is 1. The lowest BCUT2D eigenvalue weighted by atomic mass is 10.0. The summed E-state index contributed by atoms with van der Waals surface area (Å²) < 4.78 is 13.7. The summed E-state index contributed by atoms with van der Waals surface area (Å²) >= 11 is 6.10. The Balaban J connectivity index is 1.93. The lowest BCUT2D eigenvalue weighted by molar-refractivity contribution is -0.122. The number of benzene rings is 1. The van der Waals surface area contributed by atoms with Crippen molar-refractivity contribution in [2.75, 3.05) is 6.54 Å². The molecule has 7 heteroatoms. The summed E-state index contributed by atoms with van der Waals surface area (Å²) in [5.74, 6) is -0.506. The van der Waals surface area contributed by atoms with E-state index in [2.05, 4.69) is 9.97 Å². The minimum Gasteiger partial charge on any atom is -0.368 e. The van der Waals surface area contributed by atoms with Crippen molar-refractivity contribution in [3.05, 3.63) is 47.4 Å². The smallest absolute Gasteiger partial charge is 0.234 e. The summed E-state index contributed by atoms with van der Waals surface area (Å²) in [6.45, 7) is 0.556. The number of carbonyl (C=O) groups excluding carboxylic acids is 1. The Morgan fingerprint density at radius 3 is 2.96 bits per heavy atom. The number of likely N-dealkylation sites (tertiary alicyclic amines) is 1. The van der Waals surface area contributed by atoms with Gasteiger partial charge in [0.2, 0.25) is 5.91 Å². The normalized spacial score (nSPS) is 21.5. The van der Waals surface area contributed by atoms with Gasteiger partial charge >= 0.3 is 0 Å². The highest BCUT2D eigenvalue weighted by molar-refractivity contribution is 6.30. The zero-order valence-corrected chi connectivity index (χ0v) is 13.1. The van der Waals surface area contributed by atoms with Crippen molar-refractivity contribution in [2.24, 2.45) is 5.73 Å². The van der Waals surface area contributed by atoms with Gasteiger partial charge in [0.1, 0.15) is 6.17 Å². The average Bonchev–Trinajstić information content (AvgIpc) is 2.89. The Morgan fingerprint density at radius 1 is 1.43 bits per heavy atom. The van der Waals surface area contributed by atoms with Gasteiger partial charge in [-0.25, -0.2) is 4.39 Å². The van der Waals surface area contributed by atoms with Crippen LogP contribution in [0, 0.1) is 0 Å². The predicted octanol–water partition coefficient (Wildman–Crippen LogP) is 2.19. The zero-order valence-electron chi connectivity index (χ0n) is 12.3. The van der Waals surface area contributed by atoms with E-state index in [1.807, 2.05) is 6.07 Å². The summed E-state index contributed by atoms with van der Waals surface area (Å²) in [7, 11) is 0. The van der Waals surface area contributed by atoms with Crippen molar-refractivity contribution in [3.8, 4) is 11.3 Å². The third-order valence-electron chi connectivity index (χ3n) is 3.96. The molecular weight excluding hydrogens is 319 g/mol. The second kappa shape index (κ2) is 6.60. The van der Waals surface area contributed by atoms with Crippen molar-refractivity contribution >= 4 is 17.5 Å². The van der Waals surface area contributed by atoms with Gasteiger partial charge in [-0.1, -0.05) is 17.7 Å². The number of hydrogen-bond donors (Lipinski definition) is 1. The van der Waals surface area contributed by atoms with Gasteiger partial charge in [-0.3, -0.25) is 19.7 Å². The van der Waals surface area contributed by atoms with Gasteiger partial charge in [-0.15, -0.1) is 0 Å². The molecule has 1 fully saturated rings. The monoisotopic (exact) mass is 334 g/mol. The predicted molar refractivity (Wildman–Crippen MR) is 85.4 cm³/mol. The van der Waals surface area contributed by atoms with Gasteiger partial charge in [0.25, 0.3) is 0 Å². The number of primary amides is 1. The van der Waals surface area contributed by atoms with Crippen LogP contribution in [0.2, 0.25) is 5.02 Å². The molecule has 120 valence electrons. The molecule has 1 saturated heterocycles. The van der Waals surface area contributed by atoms with Crippen LogP contribution in [0.5, 0.6) is 0 Å². The van der Waals surface area contributed by atoms with E-state index in [0.29, 0.717) is 17.3 Å². The molecule has 1 aliphatic heterocycles. The minimum atomic E-state index is -1.05. The third-order valence-corrected chi connectivity index (χ3v) is 4.20. The molecule has 0 aliphatic carbocycles. The molecule has 5 nitrogen and oxygen atoms in total. The highest BCUT2D eigenvalue weighted by Gasteiger charge is 2.35. The van der Waals surface area contributed by atoms with E-state index in [-0.39, 0.29) is 13.0 Å². The first-order valence-electron chi connectivity index (χ1n) is 7.27. The van der Waals surface area contributed by atoms with Crippen LogP contribution in [-0.2, 0) is 11.3 Å². The van der Waals surface area contributed by atoms with Gasteiger partial charge < -0.3 is 5.73 Å². The molecule has 1 aromatic heterocycles. The Morgan fingerprint density at radius 2 is 2.26 bits per heavy atom. The van der Waals surface area contributed by atoms with Crippen molar-refractivity contribution in [2.45, 2.75) is 25.2 Å². The molecule has 2 N–H and O–H groups in total. The number of aromatic nitrogens is 2. The maximum absolute atomic E-state index is 13.7. The number of amides is 1. The van der Waals surface area contributed by atoms with Crippen LogP contribution >= 0.6 is 11.6 Å². The fourth-order valence-corrected chi connectivity index (χ4v) is 3.11. The Labute approximate surface area is 138 Å². The Hall–Kier alpha value is -2.05. The van der Waals surface area contributed by atoms with E-state index < -0.39 is 18.1 Å². The Kier molecular flexibility index (Phi) is 4.54. The van der Waals surface area contributed by atoms with Gasteiger partial charge in [0, 0.05) is 42.5 Å². The first-order chi connectivity index (χ1) is 11.0. The van der Waals surface area contributed by atoms with E-state index in [0.717, 1.165) is 11.1 Å². The van der Waals surface area contributed by atoms with Crippen LogP contribution in [0.15, 0.2) is 36.8 Å². The van der Waals surface area contributed by atoms with E-state index >= 15 is 0 Å². The molecule has 2 heterocycles. The van der Waals surface area contributed by atoms with Crippen LogP contribution in [0.3, 0.4) is 0 Å². The Bertz CT molecular complexity index is 712. The maximum atomic E-state index is 13.7. The van der Waals surface area contributed by atoms with Crippen molar-refractivity contribution in [3.63, 3.8) is 0 Å². The summed E-state index contributed by atoms with van der Waals surface area (Å²) in [5, 5.41) is 0.569. The molecule has 0 unspecified atom stereocenters. The second-order valence-electron chi connectivity index (χ2n) is 5.57. The minimum absolute atomic E-state index is 0.135. The molecule has 0 saturated carbocycles. The fourth-order valence-electron chi connectivity index (χ4n) is 2.92. The first kappa shape index (κ1) is 15.8. The third kappa shape index (κ3) is 3.48. The highest BCUT2D eigenvalue weighted by Crippen LogP contribution is 2.29. The van der Waals surface area contributed by atoms with Gasteiger partial charge in [0.05, 0.1) is 17.9 Å². The fraction of sp³-hybridized carbons (Fsp3) is 0.312. The average molecular weight is 335 g/mol. The van der Waals surface area contributed by atoms with Crippen molar-refractivity contribution in [1.29, 1.82) is 0 Å². The van der Waals surface area contributed by atoms with E-state index in [1.165, 1.54) is 0 Å². The van der Waals surface area contributed by atoms with Crippen LogP contribution < -0.4 is 5.73 Å². The van der Waals surface area contributed by atoms with E-state index in [1.54, 1.807) is 35.6 Å². The summed E-state index contributed by atoms with van der Waals surface area (Å²) in [5.41, 5.74) is 7.80. The van der Waals surface area contributed by atoms with E-state index in [9.17, 15) is 9.18 Å². The molecule has 1 amide bonds. The molecule has 1 aliphatic rings. The lowest BCUT2D eigenvalue weighted by Crippen LogP contribution is -2.39. The molecule has 0 spiro atoms.